The maximum Gasteiger partial charge on any atom is 0.136 e. The van der Waals surface area contributed by atoms with Crippen molar-refractivity contribution < 1.29 is 4.42 Å². The number of para-hydroxylation sites is 2. The predicted octanol–water partition coefficient (Wildman–Crippen LogP) is 12.2. The quantitative estimate of drug-likeness (QED) is 0.207. The van der Waals surface area contributed by atoms with Crippen molar-refractivity contribution >= 4 is 49.8 Å². The minimum absolute atomic E-state index is 0.0574. The monoisotopic (exact) mass is 577 g/mol. The van der Waals surface area contributed by atoms with Gasteiger partial charge in [0.05, 0.1) is 0 Å². The smallest absolute Gasteiger partial charge is 0.136 e. The van der Waals surface area contributed by atoms with Crippen LogP contribution in [0, 0.1) is 0 Å². The molecule has 1 aliphatic carbocycles. The van der Waals surface area contributed by atoms with Gasteiger partial charge in [0, 0.05) is 33.2 Å². The number of anilines is 3. The van der Waals surface area contributed by atoms with Crippen LogP contribution in [0.2, 0.25) is 0 Å². The molecule has 0 spiro atoms. The van der Waals surface area contributed by atoms with Crippen LogP contribution in [0.1, 0.15) is 25.0 Å². The molecule has 1 aromatic heterocycles. The van der Waals surface area contributed by atoms with Gasteiger partial charge in [-0.1, -0.05) is 105 Å². The van der Waals surface area contributed by atoms with Crippen molar-refractivity contribution in [1.29, 1.82) is 0 Å². The van der Waals surface area contributed by atoms with Crippen molar-refractivity contribution in [3.8, 4) is 22.3 Å². The summed E-state index contributed by atoms with van der Waals surface area (Å²) in [5.41, 5.74) is 13.0. The van der Waals surface area contributed by atoms with E-state index in [4.69, 9.17) is 4.42 Å². The molecular formula is C43H31NO. The standard InChI is InChI=1S/C43H31NO/c1-43(2)39-14-8-6-12-35(39)36-23-22-34(27-40(36)43)44(32-10-4-3-5-11-32)33-20-18-28(19-21-33)29-16-17-30-25-38-37-13-7-9-15-41(37)45-42(38)26-31(30)24-29/h3-27H,1-2H3. The summed E-state index contributed by atoms with van der Waals surface area (Å²) in [7, 11) is 0. The summed E-state index contributed by atoms with van der Waals surface area (Å²) in [5.74, 6) is 0. The lowest BCUT2D eigenvalue weighted by molar-refractivity contribution is 0.660. The fourth-order valence-electron chi connectivity index (χ4n) is 7.31. The molecule has 0 fully saturated rings. The summed E-state index contributed by atoms with van der Waals surface area (Å²) in [6.45, 7) is 4.68. The summed E-state index contributed by atoms with van der Waals surface area (Å²) in [5, 5.41) is 4.71. The second-order valence-electron chi connectivity index (χ2n) is 12.6. The highest BCUT2D eigenvalue weighted by atomic mass is 16.3. The molecule has 0 amide bonds. The first-order valence-electron chi connectivity index (χ1n) is 15.6. The first-order chi connectivity index (χ1) is 22.0. The predicted molar refractivity (Wildman–Crippen MR) is 189 cm³/mol. The van der Waals surface area contributed by atoms with Gasteiger partial charge in [0.1, 0.15) is 11.2 Å². The van der Waals surface area contributed by atoms with E-state index in [2.05, 4.69) is 158 Å². The minimum Gasteiger partial charge on any atom is -0.456 e. The first kappa shape index (κ1) is 25.9. The normalized spacial score (nSPS) is 13.3. The fourth-order valence-corrected chi connectivity index (χ4v) is 7.31. The molecule has 0 aliphatic heterocycles. The summed E-state index contributed by atoms with van der Waals surface area (Å²) < 4.78 is 6.19. The van der Waals surface area contributed by atoms with Gasteiger partial charge in [0.2, 0.25) is 0 Å². The Kier molecular flexibility index (Phi) is 5.58. The number of rotatable bonds is 4. The number of nitrogens with zero attached hydrogens (tertiary/aromatic N) is 1. The number of benzene rings is 7. The average molecular weight is 578 g/mol. The third kappa shape index (κ3) is 4.03. The lowest BCUT2D eigenvalue weighted by atomic mass is 9.82. The summed E-state index contributed by atoms with van der Waals surface area (Å²) in [4.78, 5) is 2.36. The first-order valence-corrected chi connectivity index (χ1v) is 15.6. The van der Waals surface area contributed by atoms with Crippen LogP contribution in [0.3, 0.4) is 0 Å². The van der Waals surface area contributed by atoms with E-state index < -0.39 is 0 Å². The van der Waals surface area contributed by atoms with Crippen LogP contribution in [0.15, 0.2) is 156 Å². The Balaban J connectivity index is 1.11. The highest BCUT2D eigenvalue weighted by Crippen LogP contribution is 2.50. The van der Waals surface area contributed by atoms with Crippen molar-refractivity contribution in [3.63, 3.8) is 0 Å². The molecule has 0 saturated heterocycles. The molecule has 0 bridgehead atoms. The molecule has 0 N–H and O–H groups in total. The van der Waals surface area contributed by atoms with Gasteiger partial charge in [-0.15, -0.1) is 0 Å². The molecule has 2 heteroatoms. The molecule has 0 radical (unpaired) electrons. The van der Waals surface area contributed by atoms with Gasteiger partial charge in [0.15, 0.2) is 0 Å². The summed E-state index contributed by atoms with van der Waals surface area (Å²) in [6.07, 6.45) is 0. The van der Waals surface area contributed by atoms with Gasteiger partial charge in [0.25, 0.3) is 0 Å². The van der Waals surface area contributed by atoms with Crippen molar-refractivity contribution in [1.82, 2.24) is 0 Å². The van der Waals surface area contributed by atoms with Crippen LogP contribution in [-0.2, 0) is 5.41 Å². The van der Waals surface area contributed by atoms with Crippen LogP contribution in [0.4, 0.5) is 17.1 Å². The van der Waals surface area contributed by atoms with Crippen LogP contribution in [-0.4, -0.2) is 0 Å². The Bertz CT molecular complexity index is 2400. The van der Waals surface area contributed by atoms with Crippen molar-refractivity contribution in [3.05, 3.63) is 163 Å². The SMILES string of the molecule is CC1(C)c2ccccc2-c2ccc(N(c3ccccc3)c3ccc(-c4ccc5cc6c(cc5c4)oc4ccccc46)cc3)cc21. The zero-order valence-electron chi connectivity index (χ0n) is 25.3. The van der Waals surface area contributed by atoms with E-state index in [1.54, 1.807) is 0 Å². The Labute approximate surface area is 262 Å². The second kappa shape index (κ2) is 9.70. The third-order valence-electron chi connectivity index (χ3n) is 9.63. The van der Waals surface area contributed by atoms with Crippen molar-refractivity contribution in [2.75, 3.05) is 4.90 Å². The molecule has 1 heterocycles. The maximum absolute atomic E-state index is 6.19. The van der Waals surface area contributed by atoms with Crippen LogP contribution >= 0.6 is 0 Å². The molecule has 0 unspecified atom stereocenters. The zero-order valence-corrected chi connectivity index (χ0v) is 25.3. The van der Waals surface area contributed by atoms with E-state index in [-0.39, 0.29) is 5.41 Å². The van der Waals surface area contributed by atoms with Gasteiger partial charge >= 0.3 is 0 Å². The molecule has 9 rings (SSSR count). The third-order valence-corrected chi connectivity index (χ3v) is 9.63. The number of hydrogen-bond donors (Lipinski definition) is 0. The molecule has 45 heavy (non-hydrogen) atoms. The van der Waals surface area contributed by atoms with Crippen LogP contribution < -0.4 is 4.90 Å². The fraction of sp³-hybridized carbons (Fsp3) is 0.0698. The van der Waals surface area contributed by atoms with E-state index >= 15 is 0 Å². The summed E-state index contributed by atoms with van der Waals surface area (Å²) >= 11 is 0. The van der Waals surface area contributed by atoms with Crippen LogP contribution in [0.5, 0.6) is 0 Å². The molecule has 1 aliphatic rings. The van der Waals surface area contributed by atoms with Gasteiger partial charge in [-0.3, -0.25) is 0 Å². The van der Waals surface area contributed by atoms with E-state index in [9.17, 15) is 0 Å². The highest BCUT2D eigenvalue weighted by Gasteiger charge is 2.35. The molecule has 0 saturated carbocycles. The Morgan fingerprint density at radius 1 is 0.444 bits per heavy atom. The molecule has 8 aromatic rings. The van der Waals surface area contributed by atoms with Crippen molar-refractivity contribution in [2.24, 2.45) is 0 Å². The number of furan rings is 1. The topological polar surface area (TPSA) is 16.4 Å². The molecule has 0 atom stereocenters. The van der Waals surface area contributed by atoms with Crippen LogP contribution in [0.25, 0.3) is 55.0 Å². The Hall–Kier alpha value is -5.60. The lowest BCUT2D eigenvalue weighted by Gasteiger charge is -2.28. The molecule has 214 valence electrons. The zero-order chi connectivity index (χ0) is 30.1. The van der Waals surface area contributed by atoms with Crippen molar-refractivity contribution in [2.45, 2.75) is 19.3 Å². The molecule has 2 nitrogen and oxygen atoms in total. The molecule has 7 aromatic carbocycles. The van der Waals surface area contributed by atoms with Gasteiger partial charge in [-0.05, 0) is 105 Å². The van der Waals surface area contributed by atoms with E-state index in [1.807, 2.05) is 12.1 Å². The van der Waals surface area contributed by atoms with Gasteiger partial charge in [-0.2, -0.15) is 0 Å². The Morgan fingerprint density at radius 2 is 1.13 bits per heavy atom. The largest absolute Gasteiger partial charge is 0.456 e. The average Bonchev–Trinajstić information content (AvgIpc) is 3.55. The second-order valence-corrected chi connectivity index (χ2v) is 12.6. The maximum atomic E-state index is 6.19. The summed E-state index contributed by atoms with van der Waals surface area (Å²) in [6, 6.07) is 54.8. The molecular weight excluding hydrogens is 546 g/mol. The number of hydrogen-bond acceptors (Lipinski definition) is 2. The van der Waals surface area contributed by atoms with E-state index in [0.29, 0.717) is 0 Å². The van der Waals surface area contributed by atoms with E-state index in [0.717, 1.165) is 39.0 Å². The minimum atomic E-state index is -0.0574. The Morgan fingerprint density at radius 3 is 2.00 bits per heavy atom. The van der Waals surface area contributed by atoms with Gasteiger partial charge in [-0.25, -0.2) is 0 Å². The number of fused-ring (bicyclic) bond motifs is 7. The van der Waals surface area contributed by atoms with Gasteiger partial charge < -0.3 is 9.32 Å². The van der Waals surface area contributed by atoms with E-state index in [1.165, 1.54) is 44.2 Å². The lowest BCUT2D eigenvalue weighted by Crippen LogP contribution is -2.16. The highest BCUT2D eigenvalue weighted by molar-refractivity contribution is 6.10.